The summed E-state index contributed by atoms with van der Waals surface area (Å²) < 4.78 is 0. The zero-order valence-electron chi connectivity index (χ0n) is 12.1. The first-order valence-corrected chi connectivity index (χ1v) is 8.37. The molecule has 1 saturated heterocycles. The van der Waals surface area contributed by atoms with Gasteiger partial charge in [-0.1, -0.05) is 23.5 Å². The van der Waals surface area contributed by atoms with Crippen LogP contribution in [0.5, 0.6) is 0 Å². The van der Waals surface area contributed by atoms with Crippen LogP contribution < -0.4 is 10.6 Å². The Morgan fingerprint density at radius 1 is 1.26 bits per heavy atom. The molecule has 120 valence electrons. The molecule has 2 N–H and O–H groups in total. The van der Waals surface area contributed by atoms with Crippen LogP contribution in [0.15, 0.2) is 17.7 Å². The molecule has 0 spiro atoms. The van der Waals surface area contributed by atoms with Crippen molar-refractivity contribution in [1.29, 1.82) is 0 Å². The van der Waals surface area contributed by atoms with Crippen molar-refractivity contribution in [2.24, 2.45) is 23.7 Å². The maximum atomic E-state index is 12.4. The molecule has 0 radical (unpaired) electrons. The van der Waals surface area contributed by atoms with Gasteiger partial charge in [0.05, 0.1) is 11.8 Å². The number of carbonyl (C=O) groups excluding carboxylic acids is 3. The summed E-state index contributed by atoms with van der Waals surface area (Å²) in [5.41, 5.74) is 1.51. The van der Waals surface area contributed by atoms with Gasteiger partial charge in [0.25, 0.3) is 0 Å². The number of urea groups is 1. The standard InChI is InChI=1S/C14H15N5O3S/c20-11-9-7-1-2-8(5-7)10(9)12(21)19(11)4-3-15-13(22)17-14-18-16-6-23-14/h1-2,6-10H,3-5H2,(H2,15,17,18,22)/t7-,8-,9-,10+/m0/s1. The van der Waals surface area contributed by atoms with Crippen molar-refractivity contribution in [2.45, 2.75) is 6.42 Å². The van der Waals surface area contributed by atoms with E-state index in [-0.39, 0.29) is 48.6 Å². The smallest absolute Gasteiger partial charge is 0.321 e. The lowest BCUT2D eigenvalue weighted by Crippen LogP contribution is -2.40. The molecule has 9 heteroatoms. The number of imide groups is 1. The van der Waals surface area contributed by atoms with E-state index in [1.165, 1.54) is 21.7 Å². The minimum absolute atomic E-state index is 0.0943. The largest absolute Gasteiger partial charge is 0.336 e. The Kier molecular flexibility index (Phi) is 3.37. The Labute approximate surface area is 135 Å². The predicted molar refractivity (Wildman–Crippen MR) is 81.4 cm³/mol. The molecular formula is C14H15N5O3S. The van der Waals surface area contributed by atoms with Crippen LogP contribution in [0.25, 0.3) is 0 Å². The second-order valence-corrected chi connectivity index (χ2v) is 6.79. The van der Waals surface area contributed by atoms with E-state index in [1.807, 2.05) is 0 Å². The van der Waals surface area contributed by atoms with Gasteiger partial charge in [0, 0.05) is 13.1 Å². The number of fused-ring (bicyclic) bond motifs is 5. The fourth-order valence-corrected chi connectivity index (χ4v) is 4.27. The number of hydrogen-bond donors (Lipinski definition) is 2. The second-order valence-electron chi connectivity index (χ2n) is 5.95. The van der Waals surface area contributed by atoms with Gasteiger partial charge in [0.2, 0.25) is 16.9 Å². The Hall–Kier alpha value is -2.29. The van der Waals surface area contributed by atoms with Gasteiger partial charge in [-0.05, 0) is 18.3 Å². The average molecular weight is 333 g/mol. The van der Waals surface area contributed by atoms with E-state index in [1.54, 1.807) is 0 Å². The summed E-state index contributed by atoms with van der Waals surface area (Å²) in [6.07, 6.45) is 5.05. The summed E-state index contributed by atoms with van der Waals surface area (Å²) >= 11 is 1.21. The molecule has 1 aliphatic heterocycles. The van der Waals surface area contributed by atoms with Crippen molar-refractivity contribution in [2.75, 3.05) is 18.4 Å². The van der Waals surface area contributed by atoms with Crippen LogP contribution in [0.2, 0.25) is 0 Å². The van der Waals surface area contributed by atoms with Crippen molar-refractivity contribution in [1.82, 2.24) is 20.4 Å². The van der Waals surface area contributed by atoms with E-state index in [0.29, 0.717) is 5.13 Å². The highest BCUT2D eigenvalue weighted by Crippen LogP contribution is 2.52. The molecule has 0 aromatic carbocycles. The SMILES string of the molecule is O=C(NCCN1C(=O)[C@@H]2[C@H](C1=O)[C@H]1C=C[C@H]2C1)Nc1nncs1. The van der Waals surface area contributed by atoms with Crippen molar-refractivity contribution in [3.8, 4) is 0 Å². The molecule has 1 aromatic heterocycles. The van der Waals surface area contributed by atoms with Crippen LogP contribution in [0.1, 0.15) is 6.42 Å². The van der Waals surface area contributed by atoms with Crippen molar-refractivity contribution in [3.05, 3.63) is 17.7 Å². The number of hydrogen-bond acceptors (Lipinski definition) is 6. The van der Waals surface area contributed by atoms with Crippen LogP contribution in [0.3, 0.4) is 0 Å². The molecule has 1 aromatic rings. The molecule has 3 aliphatic rings. The number of allylic oxidation sites excluding steroid dienone is 2. The minimum Gasteiger partial charge on any atom is -0.336 e. The number of nitrogens with one attached hydrogen (secondary N) is 2. The van der Waals surface area contributed by atoms with Gasteiger partial charge in [-0.15, -0.1) is 10.2 Å². The molecular weight excluding hydrogens is 318 g/mol. The molecule has 2 bridgehead atoms. The van der Waals surface area contributed by atoms with Crippen molar-refractivity contribution >= 4 is 34.3 Å². The zero-order valence-corrected chi connectivity index (χ0v) is 13.0. The summed E-state index contributed by atoms with van der Waals surface area (Å²) in [5, 5.41) is 12.9. The summed E-state index contributed by atoms with van der Waals surface area (Å²) in [6.45, 7) is 0.415. The number of rotatable bonds is 4. The van der Waals surface area contributed by atoms with Crippen molar-refractivity contribution < 1.29 is 14.4 Å². The van der Waals surface area contributed by atoms with E-state index in [0.717, 1.165) is 6.42 Å². The van der Waals surface area contributed by atoms with Gasteiger partial charge >= 0.3 is 6.03 Å². The van der Waals surface area contributed by atoms with Crippen LogP contribution in [-0.4, -0.2) is 46.0 Å². The summed E-state index contributed by atoms with van der Waals surface area (Å²) in [7, 11) is 0. The topological polar surface area (TPSA) is 104 Å². The predicted octanol–water partition coefficient (Wildman–Crippen LogP) is 0.467. The number of amides is 4. The first kappa shape index (κ1) is 14.3. The zero-order chi connectivity index (χ0) is 16.0. The number of likely N-dealkylation sites (tertiary alicyclic amines) is 1. The first-order chi connectivity index (χ1) is 11.1. The lowest BCUT2D eigenvalue weighted by Gasteiger charge is -2.17. The van der Waals surface area contributed by atoms with Gasteiger partial charge < -0.3 is 5.32 Å². The molecule has 1 saturated carbocycles. The maximum Gasteiger partial charge on any atom is 0.321 e. The Morgan fingerprint density at radius 3 is 2.57 bits per heavy atom. The Balaban J connectivity index is 1.31. The lowest BCUT2D eigenvalue weighted by molar-refractivity contribution is -0.140. The Bertz CT molecular complexity index is 659. The average Bonchev–Trinajstić information content (AvgIpc) is 3.28. The van der Waals surface area contributed by atoms with Crippen LogP contribution in [-0.2, 0) is 9.59 Å². The van der Waals surface area contributed by atoms with E-state index in [2.05, 4.69) is 33.0 Å². The monoisotopic (exact) mass is 333 g/mol. The third-order valence-corrected chi connectivity index (χ3v) is 5.37. The highest BCUT2D eigenvalue weighted by molar-refractivity contribution is 7.13. The minimum atomic E-state index is -0.428. The third-order valence-electron chi connectivity index (χ3n) is 4.76. The highest BCUT2D eigenvalue weighted by Gasteiger charge is 2.58. The molecule has 2 heterocycles. The van der Waals surface area contributed by atoms with Crippen LogP contribution in [0, 0.1) is 23.7 Å². The molecule has 2 fully saturated rings. The van der Waals surface area contributed by atoms with Gasteiger partial charge in [-0.2, -0.15) is 0 Å². The maximum absolute atomic E-state index is 12.4. The third kappa shape index (κ3) is 2.31. The lowest BCUT2D eigenvalue weighted by atomic mass is 9.85. The first-order valence-electron chi connectivity index (χ1n) is 7.49. The molecule has 4 rings (SSSR count). The fourth-order valence-electron chi connectivity index (χ4n) is 3.83. The molecule has 8 nitrogen and oxygen atoms in total. The van der Waals surface area contributed by atoms with E-state index >= 15 is 0 Å². The van der Waals surface area contributed by atoms with Crippen LogP contribution in [0.4, 0.5) is 9.93 Å². The normalized spacial score (nSPS) is 30.9. The highest BCUT2D eigenvalue weighted by atomic mass is 32.1. The molecule has 23 heavy (non-hydrogen) atoms. The number of carbonyl (C=O) groups is 3. The van der Waals surface area contributed by atoms with Crippen molar-refractivity contribution in [3.63, 3.8) is 0 Å². The summed E-state index contributed by atoms with van der Waals surface area (Å²) in [5.74, 6) is -0.146. The molecule has 4 amide bonds. The molecule has 0 unspecified atom stereocenters. The Morgan fingerprint density at radius 2 is 1.96 bits per heavy atom. The second kappa shape index (κ2) is 5.41. The molecule has 2 aliphatic carbocycles. The van der Waals surface area contributed by atoms with E-state index in [9.17, 15) is 14.4 Å². The number of anilines is 1. The van der Waals surface area contributed by atoms with E-state index in [4.69, 9.17) is 0 Å². The van der Waals surface area contributed by atoms with Gasteiger partial charge in [0.15, 0.2) is 0 Å². The number of aromatic nitrogens is 2. The van der Waals surface area contributed by atoms with E-state index < -0.39 is 6.03 Å². The van der Waals surface area contributed by atoms with Crippen LogP contribution >= 0.6 is 11.3 Å². The summed E-state index contributed by atoms with van der Waals surface area (Å²) in [4.78, 5) is 37.9. The fraction of sp³-hybridized carbons (Fsp3) is 0.500. The quantitative estimate of drug-likeness (QED) is 0.615. The van der Waals surface area contributed by atoms with Gasteiger partial charge in [-0.3, -0.25) is 19.8 Å². The molecule has 4 atom stereocenters. The number of nitrogens with zero attached hydrogens (tertiary/aromatic N) is 3. The summed E-state index contributed by atoms with van der Waals surface area (Å²) in [6, 6.07) is -0.428. The van der Waals surface area contributed by atoms with Gasteiger partial charge in [0.1, 0.15) is 5.51 Å². The van der Waals surface area contributed by atoms with Gasteiger partial charge in [-0.25, -0.2) is 4.79 Å².